The molecule has 2 heterocycles. The van der Waals surface area contributed by atoms with Crippen molar-refractivity contribution < 1.29 is 9.59 Å². The zero-order valence-corrected chi connectivity index (χ0v) is 16.8. The Morgan fingerprint density at radius 1 is 0.935 bits per heavy atom. The van der Waals surface area contributed by atoms with Crippen molar-refractivity contribution in [3.8, 4) is 0 Å². The molecule has 0 aliphatic rings. The molecule has 0 aliphatic carbocycles. The first kappa shape index (κ1) is 20.1. The van der Waals surface area contributed by atoms with Gasteiger partial charge in [-0.1, -0.05) is 36.4 Å². The van der Waals surface area contributed by atoms with E-state index in [1.807, 2.05) is 30.5 Å². The first-order valence-corrected chi connectivity index (χ1v) is 10.0. The van der Waals surface area contributed by atoms with Crippen molar-refractivity contribution in [1.29, 1.82) is 0 Å². The number of amides is 2. The van der Waals surface area contributed by atoms with Gasteiger partial charge in [0.05, 0.1) is 0 Å². The van der Waals surface area contributed by atoms with E-state index >= 15 is 0 Å². The van der Waals surface area contributed by atoms with Crippen molar-refractivity contribution >= 4 is 28.8 Å². The fraction of sp³-hybridized carbons (Fsp3) is 0.0800. The quantitative estimate of drug-likeness (QED) is 0.406. The van der Waals surface area contributed by atoms with Gasteiger partial charge in [-0.25, -0.2) is 0 Å². The number of aromatic amines is 1. The lowest BCUT2D eigenvalue weighted by Gasteiger charge is -2.11. The molecule has 6 nitrogen and oxygen atoms in total. The summed E-state index contributed by atoms with van der Waals surface area (Å²) in [7, 11) is 0. The maximum atomic E-state index is 12.9. The number of pyridine rings is 1. The van der Waals surface area contributed by atoms with Gasteiger partial charge < -0.3 is 15.6 Å². The van der Waals surface area contributed by atoms with Crippen LogP contribution in [0.4, 0.5) is 0 Å². The Morgan fingerprint density at radius 2 is 1.68 bits per heavy atom. The molecule has 2 amide bonds. The van der Waals surface area contributed by atoms with Gasteiger partial charge in [0.25, 0.3) is 11.8 Å². The number of carbonyl (C=O) groups excluding carboxylic acids is 2. The fourth-order valence-corrected chi connectivity index (χ4v) is 3.31. The van der Waals surface area contributed by atoms with Gasteiger partial charge in [0, 0.05) is 41.6 Å². The first-order valence-electron chi connectivity index (χ1n) is 10.0. The van der Waals surface area contributed by atoms with Crippen LogP contribution >= 0.6 is 0 Å². The number of hydrogen-bond acceptors (Lipinski definition) is 3. The Morgan fingerprint density at radius 3 is 2.48 bits per heavy atom. The second-order valence-electron chi connectivity index (χ2n) is 7.02. The van der Waals surface area contributed by atoms with Crippen LogP contribution in [0, 0.1) is 0 Å². The molecule has 0 unspecified atom stereocenters. The molecule has 6 heteroatoms. The molecule has 4 rings (SSSR count). The van der Waals surface area contributed by atoms with E-state index in [1.165, 1.54) is 0 Å². The summed E-state index contributed by atoms with van der Waals surface area (Å²) in [6.07, 6.45) is 7.55. The van der Waals surface area contributed by atoms with Gasteiger partial charge in [-0.3, -0.25) is 14.6 Å². The lowest BCUT2D eigenvalue weighted by molar-refractivity contribution is -0.117. The molecule has 0 atom stereocenters. The normalized spacial score (nSPS) is 11.3. The molecule has 2 aromatic carbocycles. The molecule has 154 valence electrons. The maximum Gasteiger partial charge on any atom is 0.267 e. The Kier molecular flexibility index (Phi) is 6.18. The molecule has 0 fully saturated rings. The Balaban J connectivity index is 1.47. The second-order valence-corrected chi connectivity index (χ2v) is 7.02. The van der Waals surface area contributed by atoms with E-state index in [4.69, 9.17) is 0 Å². The number of hydrogen-bond donors (Lipinski definition) is 3. The van der Waals surface area contributed by atoms with E-state index in [0.29, 0.717) is 18.5 Å². The zero-order chi connectivity index (χ0) is 21.5. The van der Waals surface area contributed by atoms with Gasteiger partial charge in [0.1, 0.15) is 5.70 Å². The number of H-pyrrole nitrogens is 1. The number of fused-ring (bicyclic) bond motifs is 1. The summed E-state index contributed by atoms with van der Waals surface area (Å²) in [4.78, 5) is 32.7. The summed E-state index contributed by atoms with van der Waals surface area (Å²) < 4.78 is 0. The van der Waals surface area contributed by atoms with Gasteiger partial charge in [-0.05, 0) is 54.0 Å². The minimum atomic E-state index is -0.346. The molecule has 4 aromatic rings. The Hall–Kier alpha value is -4.19. The highest BCUT2D eigenvalue weighted by Crippen LogP contribution is 2.17. The van der Waals surface area contributed by atoms with E-state index < -0.39 is 0 Å². The number of benzene rings is 2. The second kappa shape index (κ2) is 9.54. The average molecular weight is 410 g/mol. The van der Waals surface area contributed by atoms with Crippen LogP contribution in [0.1, 0.15) is 21.5 Å². The van der Waals surface area contributed by atoms with Crippen molar-refractivity contribution in [3.63, 3.8) is 0 Å². The van der Waals surface area contributed by atoms with Crippen molar-refractivity contribution in [2.24, 2.45) is 0 Å². The van der Waals surface area contributed by atoms with E-state index in [2.05, 4.69) is 26.7 Å². The highest BCUT2D eigenvalue weighted by molar-refractivity contribution is 6.05. The zero-order valence-electron chi connectivity index (χ0n) is 16.8. The molecule has 0 saturated heterocycles. The van der Waals surface area contributed by atoms with Crippen LogP contribution in [0.15, 0.2) is 91.0 Å². The highest BCUT2D eigenvalue weighted by Gasteiger charge is 2.14. The predicted octanol–water partition coefficient (Wildman–Crippen LogP) is 3.69. The molecular formula is C25H22N4O2. The predicted molar refractivity (Wildman–Crippen MR) is 121 cm³/mol. The van der Waals surface area contributed by atoms with Crippen molar-refractivity contribution in [1.82, 2.24) is 20.6 Å². The van der Waals surface area contributed by atoms with Crippen LogP contribution in [0.25, 0.3) is 17.0 Å². The lowest BCUT2D eigenvalue weighted by atomic mass is 10.1. The average Bonchev–Trinajstić information content (AvgIpc) is 3.23. The van der Waals surface area contributed by atoms with E-state index in [-0.39, 0.29) is 17.5 Å². The fourth-order valence-electron chi connectivity index (χ4n) is 3.31. The molecule has 0 radical (unpaired) electrons. The molecule has 0 saturated carbocycles. The SMILES string of the molecule is O=C(NCCc1c[nH]c2ccccc12)/C(=C/c1ccncc1)NC(=O)c1ccccc1. The van der Waals surface area contributed by atoms with Crippen molar-refractivity contribution in [3.05, 3.63) is 108 Å². The number of para-hydroxylation sites is 1. The molecule has 0 spiro atoms. The number of aromatic nitrogens is 2. The largest absolute Gasteiger partial charge is 0.361 e. The smallest absolute Gasteiger partial charge is 0.267 e. The summed E-state index contributed by atoms with van der Waals surface area (Å²) in [5.74, 6) is -0.686. The Bertz CT molecular complexity index is 1210. The molecule has 0 bridgehead atoms. The summed E-state index contributed by atoms with van der Waals surface area (Å²) >= 11 is 0. The summed E-state index contributed by atoms with van der Waals surface area (Å²) in [6.45, 7) is 0.440. The molecule has 2 aromatic heterocycles. The van der Waals surface area contributed by atoms with Crippen molar-refractivity contribution in [2.75, 3.05) is 6.54 Å². The maximum absolute atomic E-state index is 12.9. The van der Waals surface area contributed by atoms with Gasteiger partial charge in [0.2, 0.25) is 0 Å². The van der Waals surface area contributed by atoms with E-state index in [9.17, 15) is 9.59 Å². The standard InChI is InChI=1S/C25H22N4O2/c30-24(19-6-2-1-3-7-19)29-23(16-18-10-13-26-14-11-18)25(31)27-15-12-20-17-28-22-9-5-4-8-21(20)22/h1-11,13-14,16-17,28H,12,15H2,(H,27,31)(H,29,30)/b23-16-. The monoisotopic (exact) mass is 410 g/mol. The summed E-state index contributed by atoms with van der Waals surface area (Å²) in [6, 6.07) is 20.4. The first-order chi connectivity index (χ1) is 15.2. The van der Waals surface area contributed by atoms with Gasteiger partial charge in [-0.15, -0.1) is 0 Å². The molecule has 3 N–H and O–H groups in total. The minimum Gasteiger partial charge on any atom is -0.361 e. The van der Waals surface area contributed by atoms with E-state index in [1.54, 1.807) is 54.9 Å². The number of carbonyl (C=O) groups is 2. The third-order valence-electron chi connectivity index (χ3n) is 4.90. The van der Waals surface area contributed by atoms with Crippen LogP contribution in [0.2, 0.25) is 0 Å². The van der Waals surface area contributed by atoms with Crippen LogP contribution in [0.3, 0.4) is 0 Å². The van der Waals surface area contributed by atoms with Crippen LogP contribution in [0.5, 0.6) is 0 Å². The summed E-state index contributed by atoms with van der Waals surface area (Å²) in [5.41, 5.74) is 3.62. The third-order valence-corrected chi connectivity index (χ3v) is 4.90. The molecular weight excluding hydrogens is 388 g/mol. The molecule has 31 heavy (non-hydrogen) atoms. The minimum absolute atomic E-state index is 0.180. The van der Waals surface area contributed by atoms with E-state index in [0.717, 1.165) is 22.0 Å². The number of rotatable bonds is 7. The number of nitrogens with one attached hydrogen (secondary N) is 3. The van der Waals surface area contributed by atoms with Gasteiger partial charge >= 0.3 is 0 Å². The topological polar surface area (TPSA) is 86.9 Å². The van der Waals surface area contributed by atoms with Crippen molar-refractivity contribution in [2.45, 2.75) is 6.42 Å². The third kappa shape index (κ3) is 5.05. The van der Waals surface area contributed by atoms with Crippen LogP contribution < -0.4 is 10.6 Å². The highest BCUT2D eigenvalue weighted by atomic mass is 16.2. The summed E-state index contributed by atoms with van der Waals surface area (Å²) in [5, 5.41) is 6.79. The Labute approximate surface area is 180 Å². The van der Waals surface area contributed by atoms with Gasteiger partial charge in [0.15, 0.2) is 0 Å². The number of nitrogens with zero attached hydrogens (tertiary/aromatic N) is 1. The van der Waals surface area contributed by atoms with Crippen LogP contribution in [-0.2, 0) is 11.2 Å². The lowest BCUT2D eigenvalue weighted by Crippen LogP contribution is -2.35. The van der Waals surface area contributed by atoms with Crippen LogP contribution in [-0.4, -0.2) is 28.3 Å². The van der Waals surface area contributed by atoms with Gasteiger partial charge in [-0.2, -0.15) is 0 Å². The molecule has 0 aliphatic heterocycles.